The molecule has 8 heteroatoms. The van der Waals surface area contributed by atoms with Gasteiger partial charge in [-0.3, -0.25) is 9.69 Å². The molecule has 2 heterocycles. The zero-order chi connectivity index (χ0) is 22.3. The molecular weight excluding hydrogens is 409 g/mol. The maximum absolute atomic E-state index is 13.1. The van der Waals surface area contributed by atoms with E-state index in [4.69, 9.17) is 4.52 Å². The highest BCUT2D eigenvalue weighted by atomic mass is 19.1. The first-order valence-electron chi connectivity index (χ1n) is 10.9. The van der Waals surface area contributed by atoms with Gasteiger partial charge in [0.05, 0.1) is 12.5 Å². The van der Waals surface area contributed by atoms with E-state index >= 15 is 0 Å². The van der Waals surface area contributed by atoms with Crippen molar-refractivity contribution in [3.63, 3.8) is 0 Å². The number of hydrogen-bond donors (Lipinski definition) is 1. The maximum Gasteiger partial charge on any atom is 0.241 e. The topological polar surface area (TPSA) is 74.5 Å². The minimum Gasteiger partial charge on any atom is -0.373 e. The van der Waals surface area contributed by atoms with E-state index in [9.17, 15) is 9.18 Å². The van der Waals surface area contributed by atoms with Gasteiger partial charge in [0.15, 0.2) is 0 Å². The van der Waals surface area contributed by atoms with Crippen LogP contribution in [0.2, 0.25) is 0 Å². The van der Waals surface area contributed by atoms with E-state index in [0.717, 1.165) is 31.6 Å². The SMILES string of the molecule is CN(CCNC(=O)C1CCCN(Cc2nc(-c3ccc(F)cc3)no2)C1)c1ccccc1. The number of likely N-dealkylation sites (N-methyl/N-ethyl adjacent to an activating group) is 1. The van der Waals surface area contributed by atoms with Crippen molar-refractivity contribution in [2.45, 2.75) is 19.4 Å². The summed E-state index contributed by atoms with van der Waals surface area (Å²) >= 11 is 0. The van der Waals surface area contributed by atoms with Crippen molar-refractivity contribution in [1.82, 2.24) is 20.4 Å². The van der Waals surface area contributed by atoms with E-state index in [2.05, 4.69) is 37.4 Å². The lowest BCUT2D eigenvalue weighted by molar-refractivity contribution is -0.126. The van der Waals surface area contributed by atoms with Crippen LogP contribution >= 0.6 is 0 Å². The molecule has 1 aliphatic rings. The molecule has 3 aromatic rings. The molecule has 1 fully saturated rings. The highest BCUT2D eigenvalue weighted by Gasteiger charge is 2.26. The van der Waals surface area contributed by atoms with E-state index in [1.165, 1.54) is 12.1 Å². The third kappa shape index (κ3) is 5.70. The number of piperidine rings is 1. The van der Waals surface area contributed by atoms with Gasteiger partial charge in [0.1, 0.15) is 5.82 Å². The summed E-state index contributed by atoms with van der Waals surface area (Å²) in [7, 11) is 2.02. The third-order valence-corrected chi connectivity index (χ3v) is 5.75. The molecule has 1 aliphatic heterocycles. The van der Waals surface area contributed by atoms with Crippen molar-refractivity contribution in [3.05, 3.63) is 66.3 Å². The lowest BCUT2D eigenvalue weighted by Crippen LogP contribution is -2.44. The van der Waals surface area contributed by atoms with Gasteiger partial charge in [-0.15, -0.1) is 0 Å². The Kier molecular flexibility index (Phi) is 7.11. The predicted octanol–water partition coefficient (Wildman–Crippen LogP) is 3.34. The number of hydrogen-bond acceptors (Lipinski definition) is 6. The van der Waals surface area contributed by atoms with E-state index in [1.54, 1.807) is 12.1 Å². The van der Waals surface area contributed by atoms with E-state index in [-0.39, 0.29) is 17.6 Å². The molecule has 1 aromatic heterocycles. The normalized spacial score (nSPS) is 16.6. The largest absolute Gasteiger partial charge is 0.373 e. The van der Waals surface area contributed by atoms with E-state index in [1.807, 2.05) is 25.2 Å². The maximum atomic E-state index is 13.1. The van der Waals surface area contributed by atoms with Crippen LogP contribution in [0, 0.1) is 11.7 Å². The Morgan fingerprint density at radius 3 is 2.78 bits per heavy atom. The number of likely N-dealkylation sites (tertiary alicyclic amines) is 1. The third-order valence-electron chi connectivity index (χ3n) is 5.75. The minimum atomic E-state index is -0.304. The number of nitrogens with one attached hydrogen (secondary N) is 1. The molecule has 1 atom stereocenters. The van der Waals surface area contributed by atoms with Gasteiger partial charge < -0.3 is 14.7 Å². The number of rotatable bonds is 8. The summed E-state index contributed by atoms with van der Waals surface area (Å²) in [5.74, 6) is 0.671. The number of carbonyl (C=O) groups excluding carboxylic acids is 1. The summed E-state index contributed by atoms with van der Waals surface area (Å²) in [4.78, 5) is 21.4. The average molecular weight is 438 g/mol. The van der Waals surface area contributed by atoms with Gasteiger partial charge in [-0.05, 0) is 55.8 Å². The number of benzene rings is 2. The number of aromatic nitrogens is 2. The van der Waals surface area contributed by atoms with Gasteiger partial charge in [-0.1, -0.05) is 23.4 Å². The fourth-order valence-corrected chi connectivity index (χ4v) is 3.94. The first-order valence-corrected chi connectivity index (χ1v) is 10.9. The van der Waals surface area contributed by atoms with Crippen LogP contribution in [-0.4, -0.2) is 54.2 Å². The molecule has 7 nitrogen and oxygen atoms in total. The monoisotopic (exact) mass is 437 g/mol. The summed E-state index contributed by atoms with van der Waals surface area (Å²) < 4.78 is 18.5. The standard InChI is InChI=1S/C24H28FN5O2/c1-29(21-7-3-2-4-8-21)15-13-26-24(31)19-6-5-14-30(16-19)17-22-27-23(28-32-22)18-9-11-20(25)12-10-18/h2-4,7-12,19H,5-6,13-17H2,1H3,(H,26,31). The zero-order valence-corrected chi connectivity index (χ0v) is 18.2. The number of carbonyl (C=O) groups is 1. The summed E-state index contributed by atoms with van der Waals surface area (Å²) in [6.45, 7) is 3.39. The molecule has 0 bridgehead atoms. The molecule has 1 unspecified atom stereocenters. The first kappa shape index (κ1) is 22.0. The fourth-order valence-electron chi connectivity index (χ4n) is 3.94. The minimum absolute atomic E-state index is 0.0507. The fraction of sp³-hybridized carbons (Fsp3) is 0.375. The predicted molar refractivity (Wildman–Crippen MR) is 120 cm³/mol. The van der Waals surface area contributed by atoms with Crippen molar-refractivity contribution in [1.29, 1.82) is 0 Å². The van der Waals surface area contributed by atoms with Crippen LogP contribution in [0.4, 0.5) is 10.1 Å². The average Bonchev–Trinajstić information content (AvgIpc) is 3.28. The van der Waals surface area contributed by atoms with Crippen molar-refractivity contribution < 1.29 is 13.7 Å². The summed E-state index contributed by atoms with van der Waals surface area (Å²) in [6, 6.07) is 16.1. The van der Waals surface area contributed by atoms with Crippen LogP contribution in [0.1, 0.15) is 18.7 Å². The molecule has 0 radical (unpaired) electrons. The van der Waals surface area contributed by atoms with E-state index < -0.39 is 0 Å². The first-order chi connectivity index (χ1) is 15.6. The molecule has 0 aliphatic carbocycles. The number of amides is 1. The van der Waals surface area contributed by atoms with E-state index in [0.29, 0.717) is 36.9 Å². The van der Waals surface area contributed by atoms with Crippen LogP contribution < -0.4 is 10.2 Å². The second-order valence-corrected chi connectivity index (χ2v) is 8.14. The quantitative estimate of drug-likeness (QED) is 0.583. The molecule has 0 saturated carbocycles. The van der Waals surface area contributed by atoms with Gasteiger partial charge in [0.2, 0.25) is 17.6 Å². The molecule has 2 aromatic carbocycles. The Bertz CT molecular complexity index is 1010. The number of anilines is 1. The molecule has 1 N–H and O–H groups in total. The van der Waals surface area contributed by atoms with Crippen molar-refractivity contribution in [2.24, 2.45) is 5.92 Å². The Morgan fingerprint density at radius 1 is 1.22 bits per heavy atom. The van der Waals surface area contributed by atoms with Crippen molar-refractivity contribution in [3.8, 4) is 11.4 Å². The second kappa shape index (κ2) is 10.4. The highest BCUT2D eigenvalue weighted by Crippen LogP contribution is 2.20. The van der Waals surface area contributed by atoms with Crippen molar-refractivity contribution in [2.75, 3.05) is 38.1 Å². The molecule has 1 amide bonds. The lowest BCUT2D eigenvalue weighted by atomic mass is 9.97. The van der Waals surface area contributed by atoms with Crippen LogP contribution in [0.25, 0.3) is 11.4 Å². The molecule has 4 rings (SSSR count). The Balaban J connectivity index is 1.25. The Labute approximate surface area is 187 Å². The second-order valence-electron chi connectivity index (χ2n) is 8.14. The zero-order valence-electron chi connectivity index (χ0n) is 18.2. The smallest absolute Gasteiger partial charge is 0.241 e. The van der Waals surface area contributed by atoms with Crippen LogP contribution in [0.5, 0.6) is 0 Å². The van der Waals surface area contributed by atoms with Gasteiger partial charge >= 0.3 is 0 Å². The van der Waals surface area contributed by atoms with Gasteiger partial charge in [-0.2, -0.15) is 4.98 Å². The van der Waals surface area contributed by atoms with Crippen molar-refractivity contribution >= 4 is 11.6 Å². The number of halogens is 1. The number of nitrogens with zero attached hydrogens (tertiary/aromatic N) is 4. The molecular formula is C24H28FN5O2. The summed E-state index contributed by atoms with van der Waals surface area (Å²) in [6.07, 6.45) is 1.82. The molecule has 32 heavy (non-hydrogen) atoms. The molecule has 0 spiro atoms. The molecule has 168 valence electrons. The summed E-state index contributed by atoms with van der Waals surface area (Å²) in [5, 5.41) is 7.08. The van der Waals surface area contributed by atoms with Gasteiger partial charge in [0.25, 0.3) is 0 Å². The molecule has 1 saturated heterocycles. The lowest BCUT2D eigenvalue weighted by Gasteiger charge is -2.31. The summed E-state index contributed by atoms with van der Waals surface area (Å²) in [5.41, 5.74) is 1.84. The van der Waals surface area contributed by atoms with Crippen LogP contribution in [-0.2, 0) is 11.3 Å². The number of para-hydroxylation sites is 1. The highest BCUT2D eigenvalue weighted by molar-refractivity contribution is 5.79. The van der Waals surface area contributed by atoms with Gasteiger partial charge in [0, 0.05) is 37.9 Å². The van der Waals surface area contributed by atoms with Crippen LogP contribution in [0.15, 0.2) is 59.1 Å². The van der Waals surface area contributed by atoms with Crippen LogP contribution in [0.3, 0.4) is 0 Å². The Morgan fingerprint density at radius 2 is 2.00 bits per heavy atom. The van der Waals surface area contributed by atoms with Gasteiger partial charge in [-0.25, -0.2) is 4.39 Å². The Hall–Kier alpha value is -3.26.